The van der Waals surface area contributed by atoms with Gasteiger partial charge in [-0.05, 0) is 24.3 Å². The number of pyridine rings is 1. The molecule has 3 rings (SSSR count). The summed E-state index contributed by atoms with van der Waals surface area (Å²) in [5.41, 5.74) is 1.55. The molecule has 0 saturated heterocycles. The molecular weight excluding hydrogens is 232 g/mol. The summed E-state index contributed by atoms with van der Waals surface area (Å²) in [4.78, 5) is 14.5. The van der Waals surface area contributed by atoms with Crippen LogP contribution in [0.15, 0.2) is 48.7 Å². The van der Waals surface area contributed by atoms with Gasteiger partial charge in [0.2, 0.25) is 0 Å². The molecule has 2 aromatic heterocycles. The fourth-order valence-corrected chi connectivity index (χ4v) is 1.69. The molecule has 0 N–H and O–H groups in total. The predicted octanol–water partition coefficient (Wildman–Crippen LogP) is 2.30. The van der Waals surface area contributed by atoms with Crippen molar-refractivity contribution in [2.24, 2.45) is 0 Å². The van der Waals surface area contributed by atoms with Crippen molar-refractivity contribution >= 4 is 11.3 Å². The fourth-order valence-electron chi connectivity index (χ4n) is 1.69. The Kier molecular flexibility index (Phi) is 2.26. The first-order valence-electron chi connectivity index (χ1n) is 5.30. The van der Waals surface area contributed by atoms with Crippen LogP contribution in [-0.2, 0) is 0 Å². The lowest BCUT2D eigenvalue weighted by Crippen LogP contribution is -1.88. The lowest BCUT2D eigenvalue weighted by molar-refractivity contribution is -0.384. The van der Waals surface area contributed by atoms with E-state index in [-0.39, 0.29) is 5.69 Å². The van der Waals surface area contributed by atoms with E-state index in [0.29, 0.717) is 5.82 Å². The summed E-state index contributed by atoms with van der Waals surface area (Å²) in [6.07, 6.45) is 1.80. The van der Waals surface area contributed by atoms with Crippen LogP contribution in [0.4, 0.5) is 5.69 Å². The number of benzene rings is 1. The van der Waals surface area contributed by atoms with Crippen LogP contribution in [-0.4, -0.2) is 19.5 Å². The molecule has 0 aliphatic carbocycles. The maximum absolute atomic E-state index is 10.6. The second kappa shape index (κ2) is 3.92. The average Bonchev–Trinajstić information content (AvgIpc) is 2.82. The molecule has 0 saturated carbocycles. The Morgan fingerprint density at radius 2 is 1.89 bits per heavy atom. The molecule has 0 spiro atoms. The van der Waals surface area contributed by atoms with Gasteiger partial charge in [-0.2, -0.15) is 0 Å². The number of nitro benzene ring substituents is 1. The van der Waals surface area contributed by atoms with Crippen LogP contribution >= 0.6 is 0 Å². The number of rotatable bonds is 2. The zero-order valence-electron chi connectivity index (χ0n) is 9.22. The van der Waals surface area contributed by atoms with Gasteiger partial charge in [-0.25, -0.2) is 9.50 Å². The summed E-state index contributed by atoms with van der Waals surface area (Å²) in [7, 11) is 0. The van der Waals surface area contributed by atoms with E-state index in [1.54, 1.807) is 22.8 Å². The lowest BCUT2D eigenvalue weighted by Gasteiger charge is -1.94. The third kappa shape index (κ3) is 1.69. The fraction of sp³-hybridized carbons (Fsp3) is 0. The van der Waals surface area contributed by atoms with Crippen LogP contribution < -0.4 is 0 Å². The molecule has 0 radical (unpaired) electrons. The van der Waals surface area contributed by atoms with Crippen molar-refractivity contribution < 1.29 is 4.92 Å². The van der Waals surface area contributed by atoms with E-state index in [1.165, 1.54) is 12.1 Å². The van der Waals surface area contributed by atoms with Crippen LogP contribution in [0, 0.1) is 10.1 Å². The summed E-state index contributed by atoms with van der Waals surface area (Å²) in [6, 6.07) is 11.8. The number of hydrogen-bond acceptors (Lipinski definition) is 4. The van der Waals surface area contributed by atoms with Gasteiger partial charge in [0.05, 0.1) is 4.92 Å². The normalized spacial score (nSPS) is 10.7. The summed E-state index contributed by atoms with van der Waals surface area (Å²) >= 11 is 0. The summed E-state index contributed by atoms with van der Waals surface area (Å²) in [5.74, 6) is 0.552. The average molecular weight is 240 g/mol. The molecule has 0 amide bonds. The maximum atomic E-state index is 10.6. The monoisotopic (exact) mass is 240 g/mol. The molecule has 0 aliphatic rings. The van der Waals surface area contributed by atoms with Crippen molar-refractivity contribution in [3.05, 3.63) is 58.8 Å². The number of nitro groups is 1. The van der Waals surface area contributed by atoms with Crippen LogP contribution in [0.25, 0.3) is 17.0 Å². The van der Waals surface area contributed by atoms with Gasteiger partial charge in [0.1, 0.15) is 0 Å². The van der Waals surface area contributed by atoms with Gasteiger partial charge in [0, 0.05) is 23.9 Å². The van der Waals surface area contributed by atoms with E-state index in [2.05, 4.69) is 10.1 Å². The van der Waals surface area contributed by atoms with Crippen molar-refractivity contribution in [2.45, 2.75) is 0 Å². The SMILES string of the molecule is O=[N+]([O-])c1ccc(-c2nc3ccccn3n2)cc1. The van der Waals surface area contributed by atoms with Gasteiger partial charge >= 0.3 is 0 Å². The third-order valence-corrected chi connectivity index (χ3v) is 2.58. The first kappa shape index (κ1) is 10.4. The highest BCUT2D eigenvalue weighted by atomic mass is 16.6. The minimum Gasteiger partial charge on any atom is -0.258 e. The highest BCUT2D eigenvalue weighted by molar-refractivity contribution is 5.59. The molecule has 0 fully saturated rings. The Labute approximate surface area is 102 Å². The van der Waals surface area contributed by atoms with E-state index < -0.39 is 4.92 Å². The molecule has 0 unspecified atom stereocenters. The van der Waals surface area contributed by atoms with E-state index >= 15 is 0 Å². The molecule has 2 heterocycles. The first-order chi connectivity index (χ1) is 8.74. The van der Waals surface area contributed by atoms with Gasteiger partial charge in [-0.15, -0.1) is 5.10 Å². The molecule has 0 aliphatic heterocycles. The molecule has 18 heavy (non-hydrogen) atoms. The van der Waals surface area contributed by atoms with Crippen LogP contribution in [0.1, 0.15) is 0 Å². The van der Waals surface area contributed by atoms with E-state index in [1.807, 2.05) is 18.2 Å². The minimum absolute atomic E-state index is 0.0579. The van der Waals surface area contributed by atoms with Crippen molar-refractivity contribution in [2.75, 3.05) is 0 Å². The van der Waals surface area contributed by atoms with Crippen LogP contribution in [0.3, 0.4) is 0 Å². The second-order valence-electron chi connectivity index (χ2n) is 3.74. The van der Waals surface area contributed by atoms with E-state index in [0.717, 1.165) is 11.2 Å². The molecule has 88 valence electrons. The number of nitrogens with zero attached hydrogens (tertiary/aromatic N) is 4. The third-order valence-electron chi connectivity index (χ3n) is 2.58. The number of hydrogen-bond donors (Lipinski definition) is 0. The summed E-state index contributed by atoms with van der Waals surface area (Å²) in [6.45, 7) is 0. The molecule has 6 heteroatoms. The predicted molar refractivity (Wildman–Crippen MR) is 65.1 cm³/mol. The van der Waals surface area contributed by atoms with Gasteiger partial charge in [0.25, 0.3) is 5.69 Å². The van der Waals surface area contributed by atoms with E-state index in [4.69, 9.17) is 0 Å². The quantitative estimate of drug-likeness (QED) is 0.509. The van der Waals surface area contributed by atoms with Crippen LogP contribution in [0.5, 0.6) is 0 Å². The second-order valence-corrected chi connectivity index (χ2v) is 3.74. The summed E-state index contributed by atoms with van der Waals surface area (Å²) in [5, 5.41) is 14.9. The molecule has 1 aromatic carbocycles. The van der Waals surface area contributed by atoms with Crippen molar-refractivity contribution in [1.82, 2.24) is 14.6 Å². The number of fused-ring (bicyclic) bond motifs is 1. The zero-order chi connectivity index (χ0) is 12.5. The molecular formula is C12H8N4O2. The van der Waals surface area contributed by atoms with Gasteiger partial charge in [0.15, 0.2) is 11.5 Å². The van der Waals surface area contributed by atoms with Crippen LogP contribution in [0.2, 0.25) is 0 Å². The Morgan fingerprint density at radius 3 is 2.56 bits per heavy atom. The van der Waals surface area contributed by atoms with Gasteiger partial charge in [-0.3, -0.25) is 10.1 Å². The van der Waals surface area contributed by atoms with Gasteiger partial charge < -0.3 is 0 Å². The zero-order valence-corrected chi connectivity index (χ0v) is 9.22. The molecule has 6 nitrogen and oxygen atoms in total. The highest BCUT2D eigenvalue weighted by Gasteiger charge is 2.08. The Morgan fingerprint density at radius 1 is 1.11 bits per heavy atom. The topological polar surface area (TPSA) is 73.3 Å². The Hall–Kier alpha value is -2.76. The highest BCUT2D eigenvalue weighted by Crippen LogP contribution is 2.19. The first-order valence-corrected chi connectivity index (χ1v) is 5.30. The standard InChI is InChI=1S/C12H8N4O2/c17-16(18)10-6-4-9(5-7-10)12-13-11-3-1-2-8-15(11)14-12/h1-8H. The van der Waals surface area contributed by atoms with Crippen molar-refractivity contribution in [3.63, 3.8) is 0 Å². The Bertz CT molecular complexity index is 685. The molecule has 0 bridgehead atoms. The van der Waals surface area contributed by atoms with Gasteiger partial charge in [-0.1, -0.05) is 6.07 Å². The van der Waals surface area contributed by atoms with Crippen molar-refractivity contribution in [3.8, 4) is 11.4 Å². The smallest absolute Gasteiger partial charge is 0.258 e. The maximum Gasteiger partial charge on any atom is 0.269 e. The molecule has 0 atom stereocenters. The largest absolute Gasteiger partial charge is 0.269 e. The van der Waals surface area contributed by atoms with E-state index in [9.17, 15) is 10.1 Å². The lowest BCUT2D eigenvalue weighted by atomic mass is 10.2. The Balaban J connectivity index is 2.06. The minimum atomic E-state index is -0.430. The van der Waals surface area contributed by atoms with Crippen molar-refractivity contribution in [1.29, 1.82) is 0 Å². The molecule has 3 aromatic rings. The number of aromatic nitrogens is 3. The number of non-ortho nitro benzene ring substituents is 1. The summed E-state index contributed by atoms with van der Waals surface area (Å²) < 4.78 is 1.66.